The Kier molecular flexibility index (Phi) is 4.53. The fourth-order valence-corrected chi connectivity index (χ4v) is 3.74. The molecule has 1 aromatic rings. The van der Waals surface area contributed by atoms with E-state index in [9.17, 15) is 18.4 Å². The van der Waals surface area contributed by atoms with E-state index in [1.54, 1.807) is 4.90 Å². The smallest absolute Gasteiger partial charge is 0.395 e. The molecule has 146 valence electrons. The molecule has 0 unspecified atom stereocenters. The molecule has 0 spiro atoms. The van der Waals surface area contributed by atoms with Crippen LogP contribution in [0.1, 0.15) is 25.7 Å². The van der Waals surface area contributed by atoms with Crippen LogP contribution >= 0.6 is 0 Å². The molecule has 3 amide bonds. The largest absolute Gasteiger partial charge is 0.586 e. The molecule has 0 bridgehead atoms. The summed E-state index contributed by atoms with van der Waals surface area (Å²) in [5.74, 6) is -0.762. The zero-order valence-corrected chi connectivity index (χ0v) is 14.7. The molecule has 0 aliphatic carbocycles. The fraction of sp³-hybridized carbons (Fsp3) is 0.556. The van der Waals surface area contributed by atoms with Crippen LogP contribution in [0, 0.1) is 5.92 Å². The van der Waals surface area contributed by atoms with Crippen LogP contribution in [0.5, 0.6) is 11.5 Å². The summed E-state index contributed by atoms with van der Waals surface area (Å²) in [7, 11) is 0. The van der Waals surface area contributed by atoms with Crippen molar-refractivity contribution in [2.24, 2.45) is 5.92 Å². The maximum absolute atomic E-state index is 13.1. The third kappa shape index (κ3) is 3.77. The minimum Gasteiger partial charge on any atom is -0.395 e. The van der Waals surface area contributed by atoms with E-state index in [0.717, 1.165) is 32.4 Å². The lowest BCUT2D eigenvalue weighted by molar-refractivity contribution is -0.286. The van der Waals surface area contributed by atoms with Crippen molar-refractivity contribution in [3.63, 3.8) is 0 Å². The van der Waals surface area contributed by atoms with Crippen LogP contribution in [-0.2, 0) is 4.79 Å². The Bertz CT molecular complexity index is 752. The molecule has 3 aliphatic heterocycles. The Morgan fingerprint density at radius 1 is 1.04 bits per heavy atom. The summed E-state index contributed by atoms with van der Waals surface area (Å²) in [5, 5.41) is 2.73. The first kappa shape index (κ1) is 17.8. The molecule has 3 heterocycles. The first-order chi connectivity index (χ1) is 12.9. The van der Waals surface area contributed by atoms with E-state index in [-0.39, 0.29) is 29.4 Å². The number of ether oxygens (including phenoxy) is 2. The van der Waals surface area contributed by atoms with Gasteiger partial charge in [0, 0.05) is 37.9 Å². The number of nitrogens with one attached hydrogen (secondary N) is 1. The second-order valence-electron chi connectivity index (χ2n) is 7.08. The van der Waals surface area contributed by atoms with Crippen LogP contribution in [0.3, 0.4) is 0 Å². The van der Waals surface area contributed by atoms with Crippen LogP contribution in [0.4, 0.5) is 19.3 Å². The van der Waals surface area contributed by atoms with Gasteiger partial charge in [0.15, 0.2) is 11.5 Å². The summed E-state index contributed by atoms with van der Waals surface area (Å²) in [6.07, 6.45) is -0.215. The monoisotopic (exact) mass is 381 g/mol. The van der Waals surface area contributed by atoms with E-state index in [2.05, 4.69) is 14.8 Å². The molecular weight excluding hydrogens is 360 g/mol. The maximum atomic E-state index is 13.1. The molecule has 9 heteroatoms. The SMILES string of the molecule is O=C(Nc1ccc2c(c1)OC(F)(F)O2)[C@@H]1CCCN(C(=O)N2CCCC2)C1. The van der Waals surface area contributed by atoms with Crippen molar-refractivity contribution in [3.8, 4) is 11.5 Å². The molecule has 7 nitrogen and oxygen atoms in total. The average molecular weight is 381 g/mol. The predicted octanol–water partition coefficient (Wildman–Crippen LogP) is 2.87. The molecular formula is C18H21F2N3O4. The summed E-state index contributed by atoms with van der Waals surface area (Å²) < 4.78 is 34.9. The molecule has 1 N–H and O–H groups in total. The highest BCUT2D eigenvalue weighted by atomic mass is 19.3. The summed E-state index contributed by atoms with van der Waals surface area (Å²) in [5.41, 5.74) is 0.350. The van der Waals surface area contributed by atoms with Gasteiger partial charge >= 0.3 is 12.3 Å². The number of carbonyl (C=O) groups excluding carboxylic acids is 2. The third-order valence-electron chi connectivity index (χ3n) is 5.11. The number of hydrogen-bond donors (Lipinski definition) is 1. The van der Waals surface area contributed by atoms with Gasteiger partial charge in [-0.05, 0) is 37.8 Å². The Morgan fingerprint density at radius 3 is 2.52 bits per heavy atom. The number of carbonyl (C=O) groups is 2. The second kappa shape index (κ2) is 6.86. The molecule has 0 saturated carbocycles. The van der Waals surface area contributed by atoms with Gasteiger partial charge in [0.25, 0.3) is 0 Å². The minimum absolute atomic E-state index is 0.00434. The van der Waals surface area contributed by atoms with Gasteiger partial charge < -0.3 is 24.6 Å². The van der Waals surface area contributed by atoms with Gasteiger partial charge in [-0.3, -0.25) is 4.79 Å². The van der Waals surface area contributed by atoms with Crippen LogP contribution in [0.15, 0.2) is 18.2 Å². The molecule has 0 aromatic heterocycles. The normalized spacial score (nSPS) is 23.4. The van der Waals surface area contributed by atoms with Crippen molar-refractivity contribution < 1.29 is 27.8 Å². The molecule has 27 heavy (non-hydrogen) atoms. The van der Waals surface area contributed by atoms with Gasteiger partial charge in [-0.15, -0.1) is 8.78 Å². The van der Waals surface area contributed by atoms with E-state index in [4.69, 9.17) is 0 Å². The molecule has 1 atom stereocenters. The molecule has 1 aromatic carbocycles. The van der Waals surface area contributed by atoms with Gasteiger partial charge in [0.2, 0.25) is 5.91 Å². The highest BCUT2D eigenvalue weighted by Gasteiger charge is 2.43. The standard InChI is InChI=1S/C18H21F2N3O4/c19-18(20)26-14-6-5-13(10-15(14)27-18)21-16(24)12-4-3-9-23(11-12)17(25)22-7-1-2-8-22/h5-6,10,12H,1-4,7-9,11H2,(H,21,24)/t12-/m1/s1. The summed E-state index contributed by atoms with van der Waals surface area (Å²) in [6.45, 7) is 2.56. The molecule has 3 aliphatic rings. The van der Waals surface area contributed by atoms with E-state index in [0.29, 0.717) is 25.2 Å². The number of rotatable bonds is 2. The summed E-state index contributed by atoms with van der Waals surface area (Å²) >= 11 is 0. The fourth-order valence-electron chi connectivity index (χ4n) is 3.74. The van der Waals surface area contributed by atoms with Crippen LogP contribution in [0.2, 0.25) is 0 Å². The van der Waals surface area contributed by atoms with Crippen LogP contribution in [0.25, 0.3) is 0 Å². The Hall–Kier alpha value is -2.58. The quantitative estimate of drug-likeness (QED) is 0.855. The van der Waals surface area contributed by atoms with E-state index in [1.165, 1.54) is 18.2 Å². The zero-order chi connectivity index (χ0) is 19.0. The number of urea groups is 1. The summed E-state index contributed by atoms with van der Waals surface area (Å²) in [6, 6.07) is 4.12. The number of alkyl halides is 2. The van der Waals surface area contributed by atoms with Gasteiger partial charge in [-0.1, -0.05) is 0 Å². The third-order valence-corrected chi connectivity index (χ3v) is 5.11. The highest BCUT2D eigenvalue weighted by Crippen LogP contribution is 2.42. The van der Waals surface area contributed by atoms with Crippen molar-refractivity contribution in [2.45, 2.75) is 32.0 Å². The zero-order valence-electron chi connectivity index (χ0n) is 14.7. The average Bonchev–Trinajstić information content (AvgIpc) is 3.27. The van der Waals surface area contributed by atoms with Crippen LogP contribution < -0.4 is 14.8 Å². The number of halogens is 2. The second-order valence-corrected chi connectivity index (χ2v) is 7.08. The van der Waals surface area contributed by atoms with Crippen molar-refractivity contribution in [3.05, 3.63) is 18.2 Å². The Balaban J connectivity index is 1.38. The number of benzene rings is 1. The van der Waals surface area contributed by atoms with Crippen LogP contribution in [-0.4, -0.2) is 54.2 Å². The molecule has 4 rings (SSSR count). The number of anilines is 1. The van der Waals surface area contributed by atoms with Crippen molar-refractivity contribution in [1.82, 2.24) is 9.80 Å². The first-order valence-electron chi connectivity index (χ1n) is 9.16. The first-order valence-corrected chi connectivity index (χ1v) is 9.16. The van der Waals surface area contributed by atoms with E-state index >= 15 is 0 Å². The van der Waals surface area contributed by atoms with E-state index < -0.39 is 6.29 Å². The highest BCUT2D eigenvalue weighted by molar-refractivity contribution is 5.93. The van der Waals surface area contributed by atoms with E-state index in [1.807, 2.05) is 4.90 Å². The van der Waals surface area contributed by atoms with Crippen molar-refractivity contribution in [1.29, 1.82) is 0 Å². The van der Waals surface area contributed by atoms with Gasteiger partial charge in [0.1, 0.15) is 0 Å². The predicted molar refractivity (Wildman–Crippen MR) is 91.8 cm³/mol. The molecule has 2 fully saturated rings. The number of fused-ring (bicyclic) bond motifs is 1. The van der Waals surface area contributed by atoms with Crippen molar-refractivity contribution in [2.75, 3.05) is 31.5 Å². The van der Waals surface area contributed by atoms with Gasteiger partial charge in [0.05, 0.1) is 5.92 Å². The number of amides is 3. The lowest BCUT2D eigenvalue weighted by Gasteiger charge is -2.34. The van der Waals surface area contributed by atoms with Crippen molar-refractivity contribution >= 4 is 17.6 Å². The Labute approximate surface area is 155 Å². The van der Waals surface area contributed by atoms with Gasteiger partial charge in [-0.25, -0.2) is 4.79 Å². The lowest BCUT2D eigenvalue weighted by Crippen LogP contribution is -2.48. The topological polar surface area (TPSA) is 71.1 Å². The Morgan fingerprint density at radius 2 is 1.74 bits per heavy atom. The minimum atomic E-state index is -3.69. The molecule has 0 radical (unpaired) electrons. The number of hydrogen-bond acceptors (Lipinski definition) is 4. The maximum Gasteiger partial charge on any atom is 0.586 e. The number of piperidine rings is 1. The number of likely N-dealkylation sites (tertiary alicyclic amines) is 2. The molecule has 2 saturated heterocycles. The number of nitrogens with zero attached hydrogens (tertiary/aromatic N) is 2. The lowest BCUT2D eigenvalue weighted by atomic mass is 9.97. The van der Waals surface area contributed by atoms with Gasteiger partial charge in [-0.2, -0.15) is 0 Å². The summed E-state index contributed by atoms with van der Waals surface area (Å²) in [4.78, 5) is 28.7.